The molecule has 0 saturated carbocycles. The molecule has 1 saturated heterocycles. The Balaban J connectivity index is 1.72. The van der Waals surface area contributed by atoms with Gasteiger partial charge in [-0.1, -0.05) is 12.1 Å². The molecule has 1 aliphatic rings. The van der Waals surface area contributed by atoms with E-state index in [2.05, 4.69) is 17.4 Å². The summed E-state index contributed by atoms with van der Waals surface area (Å²) < 4.78 is 31.8. The molecule has 25 heavy (non-hydrogen) atoms. The van der Waals surface area contributed by atoms with E-state index in [1.165, 1.54) is 28.6 Å². The molecule has 2 heterocycles. The summed E-state index contributed by atoms with van der Waals surface area (Å²) in [6.45, 7) is 4.96. The summed E-state index contributed by atoms with van der Waals surface area (Å²) in [5.74, 6) is 0.422. The number of aromatic nitrogens is 1. The van der Waals surface area contributed by atoms with Gasteiger partial charge in [0.15, 0.2) is 0 Å². The van der Waals surface area contributed by atoms with Crippen molar-refractivity contribution in [3.8, 4) is 0 Å². The summed E-state index contributed by atoms with van der Waals surface area (Å²) in [7, 11) is -3.51. The van der Waals surface area contributed by atoms with E-state index in [1.54, 1.807) is 13.0 Å². The van der Waals surface area contributed by atoms with Gasteiger partial charge < -0.3 is 4.52 Å². The fraction of sp³-hybridized carbons (Fsp3) is 0.412. The lowest BCUT2D eigenvalue weighted by Crippen LogP contribution is -2.37. The van der Waals surface area contributed by atoms with Crippen molar-refractivity contribution >= 4 is 21.8 Å². The smallest absolute Gasteiger partial charge is 0.258 e. The highest BCUT2D eigenvalue weighted by Crippen LogP contribution is 2.23. The molecular weight excluding hydrogens is 342 g/mol. The van der Waals surface area contributed by atoms with Crippen LogP contribution in [0, 0.1) is 12.8 Å². The number of nitrogens with zero attached hydrogens (tertiary/aromatic N) is 2. The molecule has 7 nitrogen and oxygen atoms in total. The van der Waals surface area contributed by atoms with Gasteiger partial charge in [-0.15, -0.1) is 0 Å². The Labute approximate surface area is 147 Å². The minimum absolute atomic E-state index is 0.203. The molecule has 3 rings (SSSR count). The van der Waals surface area contributed by atoms with Crippen LogP contribution in [0.5, 0.6) is 0 Å². The lowest BCUT2D eigenvalue weighted by atomic mass is 10.0. The number of carbonyl (C=O) groups is 1. The number of benzene rings is 1. The second-order valence-electron chi connectivity index (χ2n) is 6.40. The maximum Gasteiger partial charge on any atom is 0.258 e. The summed E-state index contributed by atoms with van der Waals surface area (Å²) in [6.07, 6.45) is 1.74. The van der Waals surface area contributed by atoms with Crippen molar-refractivity contribution in [2.24, 2.45) is 5.92 Å². The number of piperidine rings is 1. The van der Waals surface area contributed by atoms with Gasteiger partial charge in [0.1, 0.15) is 0 Å². The van der Waals surface area contributed by atoms with E-state index in [9.17, 15) is 13.2 Å². The third-order valence-electron chi connectivity index (χ3n) is 4.36. The number of nitrogens with one attached hydrogen (secondary N) is 1. The van der Waals surface area contributed by atoms with E-state index in [4.69, 9.17) is 4.52 Å². The highest BCUT2D eigenvalue weighted by atomic mass is 32.2. The number of amides is 1. The van der Waals surface area contributed by atoms with Crippen LogP contribution >= 0.6 is 0 Å². The van der Waals surface area contributed by atoms with E-state index in [-0.39, 0.29) is 16.7 Å². The second kappa shape index (κ2) is 6.97. The summed E-state index contributed by atoms with van der Waals surface area (Å²) in [5, 5.41) is 6.27. The van der Waals surface area contributed by atoms with Crippen LogP contribution in [0.3, 0.4) is 0 Å². The highest BCUT2D eigenvalue weighted by Gasteiger charge is 2.28. The molecule has 0 radical (unpaired) electrons. The molecule has 1 aromatic carbocycles. The lowest BCUT2D eigenvalue weighted by Gasteiger charge is -2.29. The van der Waals surface area contributed by atoms with Crippen LogP contribution in [-0.4, -0.2) is 36.9 Å². The Kier molecular flexibility index (Phi) is 4.91. The first-order valence-corrected chi connectivity index (χ1v) is 9.65. The molecule has 1 fully saturated rings. The Morgan fingerprint density at radius 2 is 1.88 bits per heavy atom. The minimum atomic E-state index is -3.51. The Morgan fingerprint density at radius 1 is 1.24 bits per heavy atom. The molecule has 134 valence electrons. The zero-order valence-corrected chi connectivity index (χ0v) is 15.0. The Hall–Kier alpha value is -2.19. The van der Waals surface area contributed by atoms with Crippen molar-refractivity contribution in [3.05, 3.63) is 41.6 Å². The van der Waals surface area contributed by atoms with Crippen LogP contribution < -0.4 is 5.32 Å². The van der Waals surface area contributed by atoms with E-state index >= 15 is 0 Å². The minimum Gasteiger partial charge on any atom is -0.338 e. The van der Waals surface area contributed by atoms with Gasteiger partial charge in [0.05, 0.1) is 10.6 Å². The summed E-state index contributed by atoms with van der Waals surface area (Å²) in [5.41, 5.74) is 1.01. The zero-order chi connectivity index (χ0) is 18.0. The SMILES string of the molecule is Cc1cc(NC(=O)c2ccc(S(=O)(=O)N3CCC(C)CC3)cc2)on1. The number of sulfonamides is 1. The van der Waals surface area contributed by atoms with Crippen molar-refractivity contribution in [1.29, 1.82) is 0 Å². The molecule has 0 aliphatic carbocycles. The van der Waals surface area contributed by atoms with Crippen LogP contribution in [-0.2, 0) is 10.0 Å². The van der Waals surface area contributed by atoms with E-state index < -0.39 is 10.0 Å². The molecule has 0 atom stereocenters. The number of carbonyl (C=O) groups excluding carboxylic acids is 1. The van der Waals surface area contributed by atoms with Gasteiger partial charge >= 0.3 is 0 Å². The molecule has 0 spiro atoms. The molecular formula is C17H21N3O4S. The van der Waals surface area contributed by atoms with Crippen LogP contribution in [0.2, 0.25) is 0 Å². The normalized spacial score (nSPS) is 16.7. The average molecular weight is 363 g/mol. The number of aryl methyl sites for hydroxylation is 1. The summed E-state index contributed by atoms with van der Waals surface area (Å²) in [4.78, 5) is 12.4. The molecule has 1 N–H and O–H groups in total. The first-order valence-electron chi connectivity index (χ1n) is 8.21. The molecule has 1 aliphatic heterocycles. The lowest BCUT2D eigenvalue weighted by molar-refractivity contribution is 0.102. The standard InChI is InChI=1S/C17H21N3O4S/c1-12-7-9-20(10-8-12)25(22,23)15-5-3-14(4-6-15)17(21)18-16-11-13(2)19-24-16/h3-6,11-12H,7-10H2,1-2H3,(H,18,21). The topological polar surface area (TPSA) is 92.5 Å². The predicted molar refractivity (Wildman–Crippen MR) is 92.8 cm³/mol. The quantitative estimate of drug-likeness (QED) is 0.901. The Morgan fingerprint density at radius 3 is 2.44 bits per heavy atom. The number of rotatable bonds is 4. The average Bonchev–Trinajstić information content (AvgIpc) is 3.00. The maximum absolute atomic E-state index is 12.7. The van der Waals surface area contributed by atoms with E-state index in [0.29, 0.717) is 30.3 Å². The fourth-order valence-electron chi connectivity index (χ4n) is 2.76. The number of anilines is 1. The third-order valence-corrected chi connectivity index (χ3v) is 6.27. The largest absolute Gasteiger partial charge is 0.338 e. The molecule has 2 aromatic rings. The Bertz CT molecular complexity index is 850. The van der Waals surface area contributed by atoms with Crippen molar-refractivity contribution in [2.75, 3.05) is 18.4 Å². The van der Waals surface area contributed by atoms with Crippen molar-refractivity contribution in [2.45, 2.75) is 31.6 Å². The predicted octanol–water partition coefficient (Wildman–Crippen LogP) is 2.66. The van der Waals surface area contributed by atoms with E-state index in [0.717, 1.165) is 12.8 Å². The van der Waals surface area contributed by atoms with E-state index in [1.807, 2.05) is 0 Å². The van der Waals surface area contributed by atoms with Gasteiger partial charge in [-0.3, -0.25) is 10.1 Å². The molecule has 8 heteroatoms. The summed E-state index contributed by atoms with van der Waals surface area (Å²) in [6, 6.07) is 7.53. The highest BCUT2D eigenvalue weighted by molar-refractivity contribution is 7.89. The van der Waals surface area contributed by atoms with Gasteiger partial charge in [0.2, 0.25) is 15.9 Å². The zero-order valence-electron chi connectivity index (χ0n) is 14.2. The molecule has 0 unspecified atom stereocenters. The first kappa shape index (κ1) is 17.6. The summed E-state index contributed by atoms with van der Waals surface area (Å²) >= 11 is 0. The van der Waals surface area contributed by atoms with Crippen LogP contribution in [0.4, 0.5) is 5.88 Å². The van der Waals surface area contributed by atoms with Crippen LogP contribution in [0.25, 0.3) is 0 Å². The molecule has 1 amide bonds. The number of hydrogen-bond acceptors (Lipinski definition) is 5. The second-order valence-corrected chi connectivity index (χ2v) is 8.34. The van der Waals surface area contributed by atoms with Crippen molar-refractivity contribution < 1.29 is 17.7 Å². The first-order chi connectivity index (χ1) is 11.9. The van der Waals surface area contributed by atoms with Gasteiger partial charge in [-0.2, -0.15) is 4.31 Å². The van der Waals surface area contributed by atoms with Crippen molar-refractivity contribution in [3.63, 3.8) is 0 Å². The van der Waals surface area contributed by atoms with Gasteiger partial charge in [-0.25, -0.2) is 8.42 Å². The van der Waals surface area contributed by atoms with Gasteiger partial charge in [0.25, 0.3) is 5.91 Å². The number of hydrogen-bond donors (Lipinski definition) is 1. The van der Waals surface area contributed by atoms with Crippen LogP contribution in [0.1, 0.15) is 35.8 Å². The molecule has 0 bridgehead atoms. The monoisotopic (exact) mass is 363 g/mol. The van der Waals surface area contributed by atoms with Crippen molar-refractivity contribution in [1.82, 2.24) is 9.46 Å². The maximum atomic E-state index is 12.7. The fourth-order valence-corrected chi connectivity index (χ4v) is 4.23. The van der Waals surface area contributed by atoms with Gasteiger partial charge in [-0.05, 0) is 49.9 Å². The third kappa shape index (κ3) is 3.91. The van der Waals surface area contributed by atoms with Crippen LogP contribution in [0.15, 0.2) is 39.8 Å². The molecule has 1 aromatic heterocycles. The van der Waals surface area contributed by atoms with Gasteiger partial charge in [0, 0.05) is 24.7 Å².